The number of hydrogen-bond acceptors (Lipinski definition) is 4. The largest absolute Gasteiger partial charge is 0.383 e. The Kier molecular flexibility index (Phi) is 4.48. The van der Waals surface area contributed by atoms with Crippen molar-refractivity contribution in [1.29, 1.82) is 0 Å². The Balaban J connectivity index is 3.14. The third-order valence-corrected chi connectivity index (χ3v) is 3.45. The zero-order valence-electron chi connectivity index (χ0n) is 11.5. The maximum atomic E-state index is 5.98. The lowest BCUT2D eigenvalue weighted by molar-refractivity contribution is 0.139. The normalized spacial score (nSPS) is 14.0. The van der Waals surface area contributed by atoms with Crippen LogP contribution < -0.4 is 11.1 Å². The standard InChI is InChI=1S/C13H24N4/c1-6-15-11(13(2,3)17(4)5)10-8-7-9-16-12(10)14/h7-9,11,15H,6H2,1-5H3,(H2,14,16). The molecular weight excluding hydrogens is 212 g/mol. The minimum atomic E-state index is -0.0346. The molecule has 0 spiro atoms. The smallest absolute Gasteiger partial charge is 0.128 e. The second-order valence-electron chi connectivity index (χ2n) is 5.02. The number of aromatic nitrogens is 1. The first kappa shape index (κ1) is 13.9. The van der Waals surface area contributed by atoms with Gasteiger partial charge in [0.1, 0.15) is 5.82 Å². The molecular formula is C13H24N4. The van der Waals surface area contributed by atoms with Crippen LogP contribution in [0.4, 0.5) is 5.82 Å². The Morgan fingerprint density at radius 3 is 2.59 bits per heavy atom. The molecule has 0 aliphatic heterocycles. The van der Waals surface area contributed by atoms with Gasteiger partial charge in [-0.2, -0.15) is 0 Å². The molecule has 0 aliphatic rings. The average molecular weight is 236 g/mol. The number of nitrogen functional groups attached to an aromatic ring is 1. The summed E-state index contributed by atoms with van der Waals surface area (Å²) in [7, 11) is 4.16. The Morgan fingerprint density at radius 2 is 2.12 bits per heavy atom. The van der Waals surface area contributed by atoms with Gasteiger partial charge in [-0.25, -0.2) is 4.98 Å². The number of pyridine rings is 1. The van der Waals surface area contributed by atoms with Crippen LogP contribution in [0, 0.1) is 0 Å². The second kappa shape index (κ2) is 5.47. The van der Waals surface area contributed by atoms with Crippen LogP contribution in [0.15, 0.2) is 18.3 Å². The van der Waals surface area contributed by atoms with E-state index >= 15 is 0 Å². The molecule has 0 bridgehead atoms. The number of nitrogens with zero attached hydrogens (tertiary/aromatic N) is 2. The monoisotopic (exact) mass is 236 g/mol. The van der Waals surface area contributed by atoms with Crippen LogP contribution in [0.3, 0.4) is 0 Å². The summed E-state index contributed by atoms with van der Waals surface area (Å²) in [6, 6.07) is 4.14. The Bertz CT molecular complexity index is 360. The van der Waals surface area contributed by atoms with E-state index in [1.54, 1.807) is 6.20 Å². The maximum absolute atomic E-state index is 5.98. The maximum Gasteiger partial charge on any atom is 0.128 e. The fraction of sp³-hybridized carbons (Fsp3) is 0.615. The van der Waals surface area contributed by atoms with Gasteiger partial charge in [-0.1, -0.05) is 13.0 Å². The van der Waals surface area contributed by atoms with Gasteiger partial charge in [0.2, 0.25) is 0 Å². The summed E-state index contributed by atoms with van der Waals surface area (Å²) in [6.07, 6.45) is 1.73. The van der Waals surface area contributed by atoms with E-state index in [2.05, 4.69) is 50.1 Å². The Morgan fingerprint density at radius 1 is 1.47 bits per heavy atom. The van der Waals surface area contributed by atoms with Crippen molar-refractivity contribution in [2.24, 2.45) is 0 Å². The first-order valence-electron chi connectivity index (χ1n) is 6.02. The zero-order chi connectivity index (χ0) is 13.1. The Labute approximate surface area is 104 Å². The van der Waals surface area contributed by atoms with Gasteiger partial charge >= 0.3 is 0 Å². The molecule has 1 rings (SSSR count). The van der Waals surface area contributed by atoms with Gasteiger partial charge < -0.3 is 16.0 Å². The van der Waals surface area contributed by atoms with E-state index in [1.807, 2.05) is 12.1 Å². The molecule has 1 aromatic heterocycles. The van der Waals surface area contributed by atoms with Crippen molar-refractivity contribution in [1.82, 2.24) is 15.2 Å². The van der Waals surface area contributed by atoms with Crippen molar-refractivity contribution in [3.63, 3.8) is 0 Å². The summed E-state index contributed by atoms with van der Waals surface area (Å²) >= 11 is 0. The van der Waals surface area contributed by atoms with Crippen LogP contribution in [0.1, 0.15) is 32.4 Å². The van der Waals surface area contributed by atoms with Crippen molar-refractivity contribution >= 4 is 5.82 Å². The van der Waals surface area contributed by atoms with Gasteiger partial charge in [-0.15, -0.1) is 0 Å². The lowest BCUT2D eigenvalue weighted by Gasteiger charge is -2.41. The van der Waals surface area contributed by atoms with Crippen molar-refractivity contribution in [2.75, 3.05) is 26.4 Å². The van der Waals surface area contributed by atoms with E-state index in [0.29, 0.717) is 5.82 Å². The van der Waals surface area contributed by atoms with E-state index in [4.69, 9.17) is 5.73 Å². The minimum Gasteiger partial charge on any atom is -0.383 e. The summed E-state index contributed by atoms with van der Waals surface area (Å²) in [5.74, 6) is 0.605. The number of hydrogen-bond donors (Lipinski definition) is 2. The second-order valence-corrected chi connectivity index (χ2v) is 5.02. The average Bonchev–Trinajstić information content (AvgIpc) is 2.26. The lowest BCUT2D eigenvalue weighted by Crippen LogP contribution is -2.49. The number of anilines is 1. The predicted octanol–water partition coefficient (Wildman–Crippen LogP) is 1.65. The van der Waals surface area contributed by atoms with Gasteiger partial charge in [-0.3, -0.25) is 0 Å². The lowest BCUT2D eigenvalue weighted by atomic mass is 9.87. The van der Waals surface area contributed by atoms with E-state index < -0.39 is 0 Å². The molecule has 0 aromatic carbocycles. The van der Waals surface area contributed by atoms with Gasteiger partial charge in [-0.05, 0) is 40.6 Å². The highest BCUT2D eigenvalue weighted by atomic mass is 15.2. The van der Waals surface area contributed by atoms with Gasteiger partial charge in [0.25, 0.3) is 0 Å². The van der Waals surface area contributed by atoms with Gasteiger partial charge in [0.15, 0.2) is 0 Å². The first-order valence-corrected chi connectivity index (χ1v) is 6.02. The highest BCUT2D eigenvalue weighted by Gasteiger charge is 2.33. The van der Waals surface area contributed by atoms with Crippen molar-refractivity contribution in [3.05, 3.63) is 23.9 Å². The number of likely N-dealkylation sites (N-methyl/N-ethyl adjacent to an activating group) is 2. The predicted molar refractivity (Wildman–Crippen MR) is 72.8 cm³/mol. The molecule has 0 aliphatic carbocycles. The van der Waals surface area contributed by atoms with Gasteiger partial charge in [0, 0.05) is 17.3 Å². The van der Waals surface area contributed by atoms with Crippen molar-refractivity contribution in [2.45, 2.75) is 32.4 Å². The van der Waals surface area contributed by atoms with Crippen LogP contribution in [0.5, 0.6) is 0 Å². The topological polar surface area (TPSA) is 54.2 Å². The summed E-state index contributed by atoms with van der Waals surface area (Å²) < 4.78 is 0. The molecule has 3 N–H and O–H groups in total. The molecule has 1 unspecified atom stereocenters. The van der Waals surface area contributed by atoms with E-state index in [-0.39, 0.29) is 11.6 Å². The third-order valence-electron chi connectivity index (χ3n) is 3.45. The highest BCUT2D eigenvalue weighted by molar-refractivity contribution is 5.42. The highest BCUT2D eigenvalue weighted by Crippen LogP contribution is 2.31. The fourth-order valence-electron chi connectivity index (χ4n) is 1.88. The number of nitrogens with two attached hydrogens (primary N) is 1. The summed E-state index contributed by atoms with van der Waals surface area (Å²) in [5, 5.41) is 3.50. The van der Waals surface area contributed by atoms with Crippen molar-refractivity contribution < 1.29 is 0 Å². The van der Waals surface area contributed by atoms with E-state index in [0.717, 1.165) is 12.1 Å². The molecule has 1 atom stereocenters. The molecule has 4 heteroatoms. The molecule has 1 aromatic rings. The number of rotatable bonds is 5. The molecule has 0 saturated heterocycles. The Hall–Kier alpha value is -1.13. The number of nitrogens with one attached hydrogen (secondary N) is 1. The van der Waals surface area contributed by atoms with E-state index in [9.17, 15) is 0 Å². The molecule has 0 amide bonds. The molecule has 4 nitrogen and oxygen atoms in total. The first-order chi connectivity index (χ1) is 7.91. The molecule has 17 heavy (non-hydrogen) atoms. The van der Waals surface area contributed by atoms with Crippen LogP contribution in [0.25, 0.3) is 0 Å². The SMILES string of the molecule is CCNC(c1cccnc1N)C(C)(C)N(C)C. The van der Waals surface area contributed by atoms with Crippen LogP contribution in [-0.4, -0.2) is 36.1 Å². The summed E-state index contributed by atoms with van der Waals surface area (Å²) in [5.41, 5.74) is 7.01. The molecule has 0 fully saturated rings. The molecule has 1 heterocycles. The summed E-state index contributed by atoms with van der Waals surface area (Å²) in [6.45, 7) is 7.40. The molecule has 0 saturated carbocycles. The minimum absolute atomic E-state index is 0.0346. The fourth-order valence-corrected chi connectivity index (χ4v) is 1.88. The van der Waals surface area contributed by atoms with Crippen LogP contribution in [0.2, 0.25) is 0 Å². The third kappa shape index (κ3) is 2.96. The van der Waals surface area contributed by atoms with E-state index in [1.165, 1.54) is 0 Å². The van der Waals surface area contributed by atoms with Crippen molar-refractivity contribution in [3.8, 4) is 0 Å². The molecule has 0 radical (unpaired) electrons. The van der Waals surface area contributed by atoms with Crippen LogP contribution >= 0.6 is 0 Å². The van der Waals surface area contributed by atoms with Crippen LogP contribution in [-0.2, 0) is 0 Å². The quantitative estimate of drug-likeness (QED) is 0.816. The zero-order valence-corrected chi connectivity index (χ0v) is 11.5. The summed E-state index contributed by atoms with van der Waals surface area (Å²) in [4.78, 5) is 6.38. The van der Waals surface area contributed by atoms with Gasteiger partial charge in [0.05, 0.1) is 6.04 Å². The molecule has 96 valence electrons.